The highest BCUT2D eigenvalue weighted by Crippen LogP contribution is 2.28. The molecule has 0 aliphatic carbocycles. The van der Waals surface area contributed by atoms with Gasteiger partial charge in [0.15, 0.2) is 0 Å². The van der Waals surface area contributed by atoms with Crippen molar-refractivity contribution >= 4 is 5.69 Å². The molecule has 4 nitrogen and oxygen atoms in total. The molecule has 1 fully saturated rings. The number of benzene rings is 1. The summed E-state index contributed by atoms with van der Waals surface area (Å²) >= 11 is 0. The maximum Gasteiger partial charge on any atom is 0.142 e. The normalized spacial score (nSPS) is 23.1. The van der Waals surface area contributed by atoms with Crippen LogP contribution in [0.3, 0.4) is 0 Å². The number of methoxy groups -OCH3 is 1. The van der Waals surface area contributed by atoms with Crippen LogP contribution in [0.5, 0.6) is 5.75 Å². The van der Waals surface area contributed by atoms with Gasteiger partial charge in [0.25, 0.3) is 0 Å². The molecular weight excluding hydrogens is 228 g/mol. The predicted octanol–water partition coefficient (Wildman–Crippen LogP) is 1.37. The van der Waals surface area contributed by atoms with Crippen molar-refractivity contribution < 1.29 is 9.47 Å². The molecule has 0 bridgehead atoms. The third kappa shape index (κ3) is 2.76. The second-order valence-electron chi connectivity index (χ2n) is 4.75. The van der Waals surface area contributed by atoms with Crippen LogP contribution in [0.1, 0.15) is 0 Å². The molecule has 2 atom stereocenters. The fourth-order valence-electron chi connectivity index (χ4n) is 2.49. The quantitative estimate of drug-likeness (QED) is 0.855. The smallest absolute Gasteiger partial charge is 0.142 e. The molecule has 0 aromatic heterocycles. The van der Waals surface area contributed by atoms with Crippen molar-refractivity contribution in [2.45, 2.75) is 6.04 Å². The van der Waals surface area contributed by atoms with Crippen molar-refractivity contribution in [3.05, 3.63) is 24.3 Å². The Morgan fingerprint density at radius 1 is 1.39 bits per heavy atom. The number of nitrogens with one attached hydrogen (secondary N) is 1. The van der Waals surface area contributed by atoms with Crippen molar-refractivity contribution in [2.24, 2.45) is 5.92 Å². The SMILES string of the molecule is CNC1COCC1CN(C)c1ccccc1OC. The first-order chi connectivity index (χ1) is 8.76. The van der Waals surface area contributed by atoms with Gasteiger partial charge >= 0.3 is 0 Å². The van der Waals surface area contributed by atoms with Gasteiger partial charge in [-0.3, -0.25) is 0 Å². The average molecular weight is 250 g/mol. The van der Waals surface area contributed by atoms with Gasteiger partial charge in [-0.05, 0) is 19.2 Å². The van der Waals surface area contributed by atoms with Crippen LogP contribution in [0.4, 0.5) is 5.69 Å². The molecule has 0 amide bonds. The van der Waals surface area contributed by atoms with Gasteiger partial charge in [-0.15, -0.1) is 0 Å². The fraction of sp³-hybridized carbons (Fsp3) is 0.571. The molecule has 18 heavy (non-hydrogen) atoms. The average Bonchev–Trinajstić information content (AvgIpc) is 2.85. The summed E-state index contributed by atoms with van der Waals surface area (Å²) in [4.78, 5) is 2.24. The second kappa shape index (κ2) is 6.07. The largest absolute Gasteiger partial charge is 0.495 e. The molecule has 1 aliphatic rings. The molecule has 0 spiro atoms. The Kier molecular flexibility index (Phi) is 4.44. The number of anilines is 1. The third-order valence-corrected chi connectivity index (χ3v) is 3.57. The summed E-state index contributed by atoms with van der Waals surface area (Å²) < 4.78 is 10.9. The van der Waals surface area contributed by atoms with Crippen LogP contribution < -0.4 is 15.0 Å². The maximum absolute atomic E-state index is 5.53. The van der Waals surface area contributed by atoms with Gasteiger partial charge in [0.1, 0.15) is 5.75 Å². The molecule has 0 saturated carbocycles. The van der Waals surface area contributed by atoms with E-state index >= 15 is 0 Å². The lowest BCUT2D eigenvalue weighted by molar-refractivity contribution is 0.183. The van der Waals surface area contributed by atoms with Crippen molar-refractivity contribution in [1.29, 1.82) is 0 Å². The Bertz CT molecular complexity index is 384. The Morgan fingerprint density at radius 3 is 2.89 bits per heavy atom. The first kappa shape index (κ1) is 13.2. The molecule has 1 heterocycles. The summed E-state index contributed by atoms with van der Waals surface area (Å²) in [5.74, 6) is 1.44. The monoisotopic (exact) mass is 250 g/mol. The van der Waals surface area contributed by atoms with Gasteiger partial charge in [-0.25, -0.2) is 0 Å². The summed E-state index contributed by atoms with van der Waals surface area (Å²) in [6, 6.07) is 8.55. The Balaban J connectivity index is 2.05. The van der Waals surface area contributed by atoms with E-state index in [1.807, 2.05) is 25.2 Å². The maximum atomic E-state index is 5.53. The van der Waals surface area contributed by atoms with Crippen molar-refractivity contribution in [3.63, 3.8) is 0 Å². The van der Waals surface area contributed by atoms with Gasteiger partial charge in [0.05, 0.1) is 26.0 Å². The van der Waals surface area contributed by atoms with E-state index in [0.717, 1.165) is 31.2 Å². The Labute approximate surface area is 109 Å². The molecular formula is C14H22N2O2. The Hall–Kier alpha value is -1.26. The van der Waals surface area contributed by atoms with Crippen LogP contribution in [0, 0.1) is 5.92 Å². The van der Waals surface area contributed by atoms with E-state index in [2.05, 4.69) is 23.3 Å². The minimum Gasteiger partial charge on any atom is -0.495 e. The van der Waals surface area contributed by atoms with Crippen molar-refractivity contribution in [2.75, 3.05) is 45.9 Å². The molecule has 1 aromatic rings. The molecule has 1 aliphatic heterocycles. The number of hydrogen-bond acceptors (Lipinski definition) is 4. The zero-order valence-electron chi connectivity index (χ0n) is 11.3. The topological polar surface area (TPSA) is 33.7 Å². The minimum atomic E-state index is 0.446. The number of para-hydroxylation sites is 2. The van der Waals surface area contributed by atoms with E-state index < -0.39 is 0 Å². The highest BCUT2D eigenvalue weighted by atomic mass is 16.5. The molecule has 4 heteroatoms. The van der Waals surface area contributed by atoms with Gasteiger partial charge in [-0.2, -0.15) is 0 Å². The van der Waals surface area contributed by atoms with Crippen LogP contribution in [0.2, 0.25) is 0 Å². The summed E-state index contributed by atoms with van der Waals surface area (Å²) in [6.45, 7) is 2.60. The molecule has 2 unspecified atom stereocenters. The van der Waals surface area contributed by atoms with Crippen LogP contribution in [0.15, 0.2) is 24.3 Å². The van der Waals surface area contributed by atoms with E-state index in [-0.39, 0.29) is 0 Å². The summed E-state index contributed by atoms with van der Waals surface area (Å²) in [5, 5.41) is 3.32. The first-order valence-electron chi connectivity index (χ1n) is 6.35. The molecule has 1 saturated heterocycles. The number of nitrogens with zero attached hydrogens (tertiary/aromatic N) is 1. The molecule has 1 aromatic carbocycles. The third-order valence-electron chi connectivity index (χ3n) is 3.57. The van der Waals surface area contributed by atoms with Gasteiger partial charge < -0.3 is 19.7 Å². The van der Waals surface area contributed by atoms with E-state index in [1.165, 1.54) is 0 Å². The van der Waals surface area contributed by atoms with Gasteiger partial charge in [0, 0.05) is 25.6 Å². The highest BCUT2D eigenvalue weighted by Gasteiger charge is 2.28. The molecule has 0 radical (unpaired) electrons. The van der Waals surface area contributed by atoms with E-state index in [0.29, 0.717) is 12.0 Å². The van der Waals surface area contributed by atoms with Crippen LogP contribution >= 0.6 is 0 Å². The number of ether oxygens (including phenoxy) is 2. The van der Waals surface area contributed by atoms with E-state index in [1.54, 1.807) is 7.11 Å². The van der Waals surface area contributed by atoms with Crippen molar-refractivity contribution in [1.82, 2.24) is 5.32 Å². The second-order valence-corrected chi connectivity index (χ2v) is 4.75. The lowest BCUT2D eigenvalue weighted by Gasteiger charge is -2.26. The predicted molar refractivity (Wildman–Crippen MR) is 73.4 cm³/mol. The zero-order valence-corrected chi connectivity index (χ0v) is 11.3. The Morgan fingerprint density at radius 2 is 2.17 bits per heavy atom. The summed E-state index contributed by atoms with van der Waals surface area (Å²) in [6.07, 6.45) is 0. The van der Waals surface area contributed by atoms with Gasteiger partial charge in [-0.1, -0.05) is 12.1 Å². The van der Waals surface area contributed by atoms with E-state index in [4.69, 9.17) is 9.47 Å². The first-order valence-corrected chi connectivity index (χ1v) is 6.35. The minimum absolute atomic E-state index is 0.446. The lowest BCUT2D eigenvalue weighted by Crippen LogP contribution is -2.39. The standard InChI is InChI=1S/C14H22N2O2/c1-15-12-10-18-9-11(12)8-16(2)13-6-4-5-7-14(13)17-3/h4-7,11-12,15H,8-10H2,1-3H3. The molecule has 2 rings (SSSR count). The van der Waals surface area contributed by atoms with Gasteiger partial charge in [0.2, 0.25) is 0 Å². The van der Waals surface area contributed by atoms with Crippen LogP contribution in [-0.4, -0.2) is 47.0 Å². The zero-order chi connectivity index (χ0) is 13.0. The van der Waals surface area contributed by atoms with Crippen molar-refractivity contribution in [3.8, 4) is 5.75 Å². The summed E-state index contributed by atoms with van der Waals surface area (Å²) in [7, 11) is 5.81. The lowest BCUT2D eigenvalue weighted by atomic mass is 10.0. The molecule has 100 valence electrons. The fourth-order valence-corrected chi connectivity index (χ4v) is 2.49. The van der Waals surface area contributed by atoms with E-state index in [9.17, 15) is 0 Å². The number of rotatable bonds is 5. The highest BCUT2D eigenvalue weighted by molar-refractivity contribution is 5.57. The number of likely N-dealkylation sites (N-methyl/N-ethyl adjacent to an activating group) is 1. The molecule has 1 N–H and O–H groups in total. The van der Waals surface area contributed by atoms with Crippen LogP contribution in [-0.2, 0) is 4.74 Å². The van der Waals surface area contributed by atoms with Crippen LogP contribution in [0.25, 0.3) is 0 Å². The summed E-state index contributed by atoms with van der Waals surface area (Å²) in [5.41, 5.74) is 1.13. The number of hydrogen-bond donors (Lipinski definition) is 1.